The molecule has 5 heteroatoms. The van der Waals surface area contributed by atoms with Crippen molar-refractivity contribution < 1.29 is 0 Å². The molecule has 2 heterocycles. The van der Waals surface area contributed by atoms with Crippen LogP contribution >= 0.6 is 0 Å². The molecule has 1 aromatic rings. The first-order valence-corrected chi connectivity index (χ1v) is 8.38. The molecule has 1 aliphatic heterocycles. The van der Waals surface area contributed by atoms with Crippen LogP contribution in [0.4, 0.5) is 5.69 Å². The van der Waals surface area contributed by atoms with Gasteiger partial charge in [-0.05, 0) is 45.4 Å². The van der Waals surface area contributed by atoms with Gasteiger partial charge in [0.05, 0.1) is 18.4 Å². The Bertz CT molecular complexity index is 399. The Morgan fingerprint density at radius 1 is 1.38 bits per heavy atom. The summed E-state index contributed by atoms with van der Waals surface area (Å²) in [5.41, 5.74) is 1.16. The van der Waals surface area contributed by atoms with Crippen LogP contribution in [0, 0.1) is 5.92 Å². The molecular weight excluding hydrogens is 262 g/mol. The van der Waals surface area contributed by atoms with E-state index < -0.39 is 0 Å². The van der Waals surface area contributed by atoms with Crippen LogP contribution in [0.2, 0.25) is 0 Å². The molecule has 21 heavy (non-hydrogen) atoms. The zero-order valence-corrected chi connectivity index (χ0v) is 13.9. The molecule has 1 unspecified atom stereocenters. The minimum atomic E-state index is 0.766. The van der Waals surface area contributed by atoms with Crippen LogP contribution in [-0.4, -0.2) is 65.9 Å². The highest BCUT2D eigenvalue weighted by molar-refractivity contribution is 5.38. The van der Waals surface area contributed by atoms with E-state index in [0.29, 0.717) is 0 Å². The number of likely N-dealkylation sites (tertiary alicyclic amines) is 1. The summed E-state index contributed by atoms with van der Waals surface area (Å²) in [4.78, 5) is 4.86. The molecule has 1 aromatic heterocycles. The van der Waals surface area contributed by atoms with Gasteiger partial charge in [0.25, 0.3) is 0 Å². The van der Waals surface area contributed by atoms with Gasteiger partial charge in [0, 0.05) is 25.8 Å². The average Bonchev–Trinajstić information content (AvgIpc) is 2.94. The molecule has 0 spiro atoms. The predicted octanol–water partition coefficient (Wildman–Crippen LogP) is 1.98. The fourth-order valence-corrected chi connectivity index (χ4v) is 3.06. The summed E-state index contributed by atoms with van der Waals surface area (Å²) >= 11 is 0. The summed E-state index contributed by atoms with van der Waals surface area (Å²) in [7, 11) is 2.22. The van der Waals surface area contributed by atoms with Crippen LogP contribution in [0.15, 0.2) is 12.4 Å². The number of likely N-dealkylation sites (N-methyl/N-ethyl adjacent to an activating group) is 1. The van der Waals surface area contributed by atoms with E-state index in [0.717, 1.165) is 44.3 Å². The number of nitrogens with one attached hydrogen (secondary N) is 1. The number of aromatic nitrogens is 2. The maximum Gasteiger partial charge on any atom is 0.0726 e. The smallest absolute Gasteiger partial charge is 0.0726 e. The Balaban J connectivity index is 1.72. The van der Waals surface area contributed by atoms with E-state index in [-0.39, 0.29) is 0 Å². The fourth-order valence-electron chi connectivity index (χ4n) is 3.06. The normalized spacial score (nSPS) is 20.1. The minimum absolute atomic E-state index is 0.766. The maximum atomic E-state index is 4.45. The van der Waals surface area contributed by atoms with Gasteiger partial charge in [-0.25, -0.2) is 0 Å². The monoisotopic (exact) mass is 293 g/mol. The molecular formula is C16H31N5. The molecule has 1 aliphatic rings. The second-order valence-corrected chi connectivity index (χ2v) is 6.17. The van der Waals surface area contributed by atoms with Gasteiger partial charge in [-0.15, -0.1) is 0 Å². The summed E-state index contributed by atoms with van der Waals surface area (Å²) in [6, 6.07) is 0. The van der Waals surface area contributed by atoms with Crippen LogP contribution in [0.25, 0.3) is 0 Å². The van der Waals surface area contributed by atoms with Gasteiger partial charge in [0.15, 0.2) is 0 Å². The first-order chi connectivity index (χ1) is 10.2. The topological polar surface area (TPSA) is 36.3 Å². The molecule has 2 rings (SSSR count). The maximum absolute atomic E-state index is 4.45. The fraction of sp³-hybridized carbons (Fsp3) is 0.812. The second-order valence-electron chi connectivity index (χ2n) is 6.17. The van der Waals surface area contributed by atoms with Crippen molar-refractivity contribution in [1.82, 2.24) is 19.6 Å². The summed E-state index contributed by atoms with van der Waals surface area (Å²) in [5, 5.41) is 8.00. The van der Waals surface area contributed by atoms with E-state index in [1.807, 2.05) is 10.9 Å². The Hall–Kier alpha value is -1.07. The summed E-state index contributed by atoms with van der Waals surface area (Å²) in [6.45, 7) is 12.2. The third-order valence-corrected chi connectivity index (χ3v) is 4.49. The molecule has 120 valence electrons. The molecule has 1 saturated heterocycles. The number of anilines is 1. The molecule has 1 atom stereocenters. The van der Waals surface area contributed by atoms with Gasteiger partial charge in [0.2, 0.25) is 0 Å². The van der Waals surface area contributed by atoms with Gasteiger partial charge in [-0.3, -0.25) is 4.68 Å². The lowest BCUT2D eigenvalue weighted by Crippen LogP contribution is -2.35. The van der Waals surface area contributed by atoms with E-state index in [2.05, 4.69) is 47.3 Å². The number of hydrogen-bond acceptors (Lipinski definition) is 4. The largest absolute Gasteiger partial charge is 0.382 e. The van der Waals surface area contributed by atoms with Crippen LogP contribution in [0.1, 0.15) is 26.7 Å². The number of piperidine rings is 1. The van der Waals surface area contributed by atoms with Gasteiger partial charge in [-0.1, -0.05) is 13.8 Å². The number of nitrogens with zero attached hydrogens (tertiary/aromatic N) is 4. The molecule has 0 bridgehead atoms. The Labute approximate surface area is 129 Å². The second kappa shape index (κ2) is 8.39. The Morgan fingerprint density at radius 2 is 2.19 bits per heavy atom. The molecule has 0 radical (unpaired) electrons. The SMILES string of the molecule is CCN(CC)CCn1cc(NCC2CCCN(C)C2)cn1. The van der Waals surface area contributed by atoms with Crippen molar-refractivity contribution in [2.75, 3.05) is 51.6 Å². The molecule has 0 aromatic carbocycles. The van der Waals surface area contributed by atoms with Crippen LogP contribution in [-0.2, 0) is 6.54 Å². The molecule has 0 saturated carbocycles. The van der Waals surface area contributed by atoms with E-state index >= 15 is 0 Å². The zero-order chi connectivity index (χ0) is 15.1. The summed E-state index contributed by atoms with van der Waals surface area (Å²) < 4.78 is 2.05. The Kier molecular flexibility index (Phi) is 6.51. The van der Waals surface area contributed by atoms with Gasteiger partial charge >= 0.3 is 0 Å². The third-order valence-electron chi connectivity index (χ3n) is 4.49. The number of rotatable bonds is 8. The van der Waals surface area contributed by atoms with E-state index in [9.17, 15) is 0 Å². The standard InChI is InChI=1S/C16H31N5/c1-4-20(5-2)9-10-21-14-16(12-18-21)17-11-15-7-6-8-19(3)13-15/h12,14-15,17H,4-11,13H2,1-3H3. The van der Waals surface area contributed by atoms with Crippen LogP contribution in [0.5, 0.6) is 0 Å². The molecule has 5 nitrogen and oxygen atoms in total. The zero-order valence-electron chi connectivity index (χ0n) is 13.9. The predicted molar refractivity (Wildman–Crippen MR) is 88.7 cm³/mol. The lowest BCUT2D eigenvalue weighted by molar-refractivity contribution is 0.217. The number of hydrogen-bond donors (Lipinski definition) is 1. The highest BCUT2D eigenvalue weighted by Crippen LogP contribution is 2.16. The van der Waals surface area contributed by atoms with E-state index in [1.54, 1.807) is 0 Å². The summed E-state index contributed by atoms with van der Waals surface area (Å²) in [5.74, 6) is 0.766. The summed E-state index contributed by atoms with van der Waals surface area (Å²) in [6.07, 6.45) is 6.75. The average molecular weight is 293 g/mol. The van der Waals surface area contributed by atoms with Crippen molar-refractivity contribution in [3.63, 3.8) is 0 Å². The van der Waals surface area contributed by atoms with Crippen molar-refractivity contribution in [2.24, 2.45) is 5.92 Å². The van der Waals surface area contributed by atoms with Gasteiger partial charge in [0.1, 0.15) is 0 Å². The molecule has 0 aliphatic carbocycles. The lowest BCUT2D eigenvalue weighted by atomic mass is 9.98. The molecule has 1 N–H and O–H groups in total. The Morgan fingerprint density at radius 3 is 2.90 bits per heavy atom. The highest BCUT2D eigenvalue weighted by atomic mass is 15.3. The van der Waals surface area contributed by atoms with Gasteiger partial charge < -0.3 is 15.1 Å². The van der Waals surface area contributed by atoms with Crippen molar-refractivity contribution >= 4 is 5.69 Å². The van der Waals surface area contributed by atoms with E-state index in [1.165, 1.54) is 25.9 Å². The van der Waals surface area contributed by atoms with Crippen LogP contribution < -0.4 is 5.32 Å². The van der Waals surface area contributed by atoms with Crippen molar-refractivity contribution in [1.29, 1.82) is 0 Å². The quantitative estimate of drug-likeness (QED) is 0.795. The highest BCUT2D eigenvalue weighted by Gasteiger charge is 2.16. The van der Waals surface area contributed by atoms with Crippen molar-refractivity contribution in [3.8, 4) is 0 Å². The van der Waals surface area contributed by atoms with Gasteiger partial charge in [-0.2, -0.15) is 5.10 Å². The first kappa shape index (κ1) is 16.3. The van der Waals surface area contributed by atoms with E-state index in [4.69, 9.17) is 0 Å². The van der Waals surface area contributed by atoms with Crippen molar-refractivity contribution in [3.05, 3.63) is 12.4 Å². The molecule has 0 amide bonds. The van der Waals surface area contributed by atoms with Crippen LogP contribution in [0.3, 0.4) is 0 Å². The third kappa shape index (κ3) is 5.32. The first-order valence-electron chi connectivity index (χ1n) is 8.38. The molecule has 1 fully saturated rings. The minimum Gasteiger partial charge on any atom is -0.382 e. The van der Waals surface area contributed by atoms with Crippen molar-refractivity contribution in [2.45, 2.75) is 33.2 Å². The lowest BCUT2D eigenvalue weighted by Gasteiger charge is -2.29.